The van der Waals surface area contributed by atoms with Crippen molar-refractivity contribution in [2.24, 2.45) is 0 Å². The Morgan fingerprint density at radius 1 is 0.603 bits per heavy atom. The lowest BCUT2D eigenvalue weighted by molar-refractivity contribution is -0.130. The van der Waals surface area contributed by atoms with E-state index in [4.69, 9.17) is 29.1 Å². The van der Waals surface area contributed by atoms with Gasteiger partial charge in [-0.25, -0.2) is 19.3 Å². The highest BCUT2D eigenvalue weighted by Gasteiger charge is 2.25. The maximum Gasteiger partial charge on any atom is 0.241 e. The first-order valence-corrected chi connectivity index (χ1v) is 30.8. The fourth-order valence-electron chi connectivity index (χ4n) is 7.73. The van der Waals surface area contributed by atoms with E-state index >= 15 is 0 Å². The van der Waals surface area contributed by atoms with Gasteiger partial charge in [-0.3, -0.25) is 9.59 Å². The second kappa shape index (κ2) is 22.0. The number of rotatable bonds is 18. The summed E-state index contributed by atoms with van der Waals surface area (Å²) < 4.78 is 26.7. The SMILES string of the molecule is CN1CCN(c2cc(-c3nn(COCC[Si](C)(C)C)c4ccc(O)cc34)ccn2)CC1=O.COCCOc1ccc2c(c1)c(-c1ccnc(N3CCN(C)C(=O)C3)c1)nn2COCC[Si](C)(C)C. The highest BCUT2D eigenvalue weighted by atomic mass is 28.3. The predicted molar refractivity (Wildman–Crippen MR) is 273 cm³/mol. The summed E-state index contributed by atoms with van der Waals surface area (Å²) in [6.07, 6.45) is 3.52. The number of hydrogen-bond donors (Lipinski definition) is 1. The number of benzene rings is 2. The number of aromatic hydroxyl groups is 1. The minimum absolute atomic E-state index is 0.0820. The quantitative estimate of drug-likeness (QED) is 0.0685. The first-order valence-electron chi connectivity index (χ1n) is 23.3. The summed E-state index contributed by atoms with van der Waals surface area (Å²) in [5.74, 6) is 2.65. The number of aromatic nitrogens is 6. The maximum absolute atomic E-state index is 12.3. The van der Waals surface area contributed by atoms with Gasteiger partial charge >= 0.3 is 0 Å². The van der Waals surface area contributed by atoms with Crippen LogP contribution in [0, 0.1) is 0 Å². The summed E-state index contributed by atoms with van der Waals surface area (Å²) in [5, 5.41) is 21.7. The number of amides is 2. The Kier molecular flexibility index (Phi) is 16.2. The van der Waals surface area contributed by atoms with Crippen LogP contribution in [-0.4, -0.2) is 159 Å². The topological polar surface area (TPSA) is 166 Å². The molecular formula is C49H68N10O7Si2. The van der Waals surface area contributed by atoms with E-state index in [0.29, 0.717) is 59.5 Å². The number of nitrogens with zero attached hydrogens (tertiary/aromatic N) is 10. The van der Waals surface area contributed by atoms with Crippen molar-refractivity contribution in [1.82, 2.24) is 39.3 Å². The van der Waals surface area contributed by atoms with Crippen molar-refractivity contribution < 1.29 is 33.6 Å². The van der Waals surface area contributed by atoms with Gasteiger partial charge in [-0.1, -0.05) is 39.3 Å². The molecular weight excluding hydrogens is 897 g/mol. The third kappa shape index (κ3) is 13.0. The average Bonchev–Trinajstić information content (AvgIpc) is 3.85. The fraction of sp³-hybridized carbons (Fsp3) is 0.469. The Morgan fingerprint density at radius 2 is 1.09 bits per heavy atom. The van der Waals surface area contributed by atoms with Crippen LogP contribution in [0.2, 0.25) is 51.4 Å². The Morgan fingerprint density at radius 3 is 1.56 bits per heavy atom. The molecule has 2 aliphatic heterocycles. The molecule has 6 heterocycles. The van der Waals surface area contributed by atoms with Crippen molar-refractivity contribution in [3.8, 4) is 34.0 Å². The number of anilines is 2. The highest BCUT2D eigenvalue weighted by molar-refractivity contribution is 6.76. The van der Waals surface area contributed by atoms with Gasteiger partial charge in [0.1, 0.15) is 54.6 Å². The molecule has 1 N–H and O–H groups in total. The first-order chi connectivity index (χ1) is 32.5. The molecule has 0 unspecified atom stereocenters. The molecule has 6 aromatic rings. The number of hydrogen-bond acceptors (Lipinski definition) is 13. The Labute approximate surface area is 401 Å². The van der Waals surface area contributed by atoms with Crippen LogP contribution in [0.25, 0.3) is 44.3 Å². The average molecular weight is 965 g/mol. The standard InChI is InChI=1S/C26H37N5O4Si.C23H31N5O3Si/c1-29-10-11-30(18-25(29)32)24-16-20(8-9-27-24)26-22-17-21(35-13-12-33-2)6-7-23(22)31(28-26)19-34-14-15-36(3,4)5;1-26-9-10-27(15-22(26)30)21-13-17(7-8-24-21)23-19-14-18(29)5-6-20(19)28(25-23)16-31-11-12-32(2,3)4/h6-9,16-17H,10-15,18-19H2,1-5H3;5-8,13-14,29H,9-12,15-16H2,1-4H3. The van der Waals surface area contributed by atoms with Crippen LogP contribution in [0.15, 0.2) is 73.1 Å². The van der Waals surface area contributed by atoms with E-state index in [9.17, 15) is 14.7 Å². The van der Waals surface area contributed by atoms with E-state index < -0.39 is 16.1 Å². The lowest BCUT2D eigenvalue weighted by atomic mass is 10.1. The molecule has 2 aromatic carbocycles. The summed E-state index contributed by atoms with van der Waals surface area (Å²) in [4.78, 5) is 40.9. The molecule has 17 nitrogen and oxygen atoms in total. The highest BCUT2D eigenvalue weighted by Crippen LogP contribution is 2.34. The fourth-order valence-corrected chi connectivity index (χ4v) is 9.24. The second-order valence-electron chi connectivity index (χ2n) is 19.9. The molecule has 8 rings (SSSR count). The van der Waals surface area contributed by atoms with Crippen molar-refractivity contribution in [2.75, 3.05) is 96.7 Å². The number of ether oxygens (including phenoxy) is 4. The summed E-state index contributed by atoms with van der Waals surface area (Å²) >= 11 is 0. The van der Waals surface area contributed by atoms with Crippen LogP contribution in [-0.2, 0) is 37.3 Å². The van der Waals surface area contributed by atoms with Crippen molar-refractivity contribution in [1.29, 1.82) is 0 Å². The molecule has 19 heteroatoms. The monoisotopic (exact) mass is 964 g/mol. The molecule has 0 saturated carbocycles. The van der Waals surface area contributed by atoms with E-state index in [1.165, 1.54) is 0 Å². The van der Waals surface area contributed by atoms with Gasteiger partial charge in [-0.05, 0) is 72.8 Å². The number of piperazine rings is 2. The maximum atomic E-state index is 12.3. The molecule has 0 aliphatic carbocycles. The van der Waals surface area contributed by atoms with E-state index in [0.717, 1.165) is 93.5 Å². The summed E-state index contributed by atoms with van der Waals surface area (Å²) in [6.45, 7) is 20.7. The first kappa shape index (κ1) is 50.0. The minimum Gasteiger partial charge on any atom is -0.508 e. The van der Waals surface area contributed by atoms with Crippen LogP contribution in [0.4, 0.5) is 11.6 Å². The van der Waals surface area contributed by atoms with Gasteiger partial charge in [0.2, 0.25) is 11.8 Å². The van der Waals surface area contributed by atoms with Crippen molar-refractivity contribution in [3.05, 3.63) is 73.1 Å². The molecule has 0 atom stereocenters. The zero-order valence-corrected chi connectivity index (χ0v) is 43.2. The Hall–Kier alpha value is -5.87. The van der Waals surface area contributed by atoms with Crippen molar-refractivity contribution in [3.63, 3.8) is 0 Å². The summed E-state index contributed by atoms with van der Waals surface area (Å²) in [5.41, 5.74) is 5.29. The largest absolute Gasteiger partial charge is 0.508 e. The normalized spacial score (nSPS) is 14.8. The minimum atomic E-state index is -1.17. The smallest absolute Gasteiger partial charge is 0.241 e. The third-order valence-electron chi connectivity index (χ3n) is 12.0. The molecule has 364 valence electrons. The predicted octanol–water partition coefficient (Wildman–Crippen LogP) is 7.11. The number of carbonyl (C=O) groups excluding carboxylic acids is 2. The second-order valence-corrected chi connectivity index (χ2v) is 31.1. The van der Waals surface area contributed by atoms with Gasteiger partial charge in [-0.15, -0.1) is 0 Å². The zero-order chi connectivity index (χ0) is 48.6. The molecule has 2 aliphatic rings. The third-order valence-corrected chi connectivity index (χ3v) is 15.4. The van der Waals surface area contributed by atoms with Crippen molar-refractivity contribution >= 4 is 61.4 Å². The number of likely N-dealkylation sites (N-methyl/N-ethyl adjacent to an activating group) is 2. The number of phenolic OH excluding ortho intramolecular Hbond substituents is 1. The van der Waals surface area contributed by atoms with E-state index in [-0.39, 0.29) is 17.6 Å². The molecule has 0 spiro atoms. The molecule has 2 saturated heterocycles. The number of phenols is 1. The summed E-state index contributed by atoms with van der Waals surface area (Å²) in [7, 11) is 2.98. The number of fused-ring (bicyclic) bond motifs is 2. The zero-order valence-electron chi connectivity index (χ0n) is 41.2. The van der Waals surface area contributed by atoms with Crippen LogP contribution >= 0.6 is 0 Å². The molecule has 2 fully saturated rings. The van der Waals surface area contributed by atoms with Gasteiger partial charge in [0.25, 0.3) is 0 Å². The van der Waals surface area contributed by atoms with Gasteiger partial charge in [0.05, 0.1) is 30.7 Å². The Balaban J connectivity index is 0.000000203. The number of carbonyl (C=O) groups is 2. The van der Waals surface area contributed by atoms with Crippen molar-refractivity contribution in [2.45, 2.75) is 64.8 Å². The van der Waals surface area contributed by atoms with Crippen LogP contribution in [0.5, 0.6) is 11.5 Å². The lowest BCUT2D eigenvalue weighted by Gasteiger charge is -2.32. The molecule has 2 amide bonds. The molecule has 4 aromatic heterocycles. The van der Waals surface area contributed by atoms with Crippen LogP contribution < -0.4 is 14.5 Å². The van der Waals surface area contributed by atoms with Gasteiger partial charge in [0, 0.05) is 111 Å². The van der Waals surface area contributed by atoms with E-state index in [1.807, 2.05) is 81.8 Å². The molecule has 0 radical (unpaired) electrons. The van der Waals surface area contributed by atoms with E-state index in [2.05, 4.69) is 49.3 Å². The van der Waals surface area contributed by atoms with Crippen LogP contribution in [0.3, 0.4) is 0 Å². The summed E-state index contributed by atoms with van der Waals surface area (Å²) in [6, 6.07) is 21.3. The number of pyridine rings is 2. The van der Waals surface area contributed by atoms with Gasteiger partial charge < -0.3 is 43.7 Å². The van der Waals surface area contributed by atoms with Gasteiger partial charge in [-0.2, -0.15) is 10.2 Å². The molecule has 68 heavy (non-hydrogen) atoms. The Bertz CT molecular complexity index is 2680. The van der Waals surface area contributed by atoms with Gasteiger partial charge in [0.15, 0.2) is 0 Å². The number of methoxy groups -OCH3 is 1. The van der Waals surface area contributed by atoms with E-state index in [1.54, 1.807) is 41.4 Å². The molecule has 0 bridgehead atoms. The van der Waals surface area contributed by atoms with Crippen LogP contribution in [0.1, 0.15) is 0 Å². The lowest BCUT2D eigenvalue weighted by Crippen LogP contribution is -2.48.